The Hall–Kier alpha value is -2.68. The van der Waals surface area contributed by atoms with Crippen LogP contribution in [0, 0.1) is 11.7 Å². The Morgan fingerprint density at radius 1 is 1.22 bits per heavy atom. The third-order valence-corrected chi connectivity index (χ3v) is 5.92. The monoisotopic (exact) mass is 447 g/mol. The van der Waals surface area contributed by atoms with Crippen molar-refractivity contribution in [1.29, 1.82) is 0 Å². The van der Waals surface area contributed by atoms with Gasteiger partial charge in [-0.2, -0.15) is 0 Å². The molecule has 2 aliphatic rings. The van der Waals surface area contributed by atoms with Gasteiger partial charge in [0.2, 0.25) is 11.8 Å². The Kier molecular flexibility index (Phi) is 7.71. The molecule has 2 atom stereocenters. The molecule has 2 heterocycles. The summed E-state index contributed by atoms with van der Waals surface area (Å²) in [5, 5.41) is 6.03. The number of urea groups is 1. The van der Waals surface area contributed by atoms with Gasteiger partial charge in [0.1, 0.15) is 18.0 Å². The van der Waals surface area contributed by atoms with E-state index in [-0.39, 0.29) is 49.2 Å². The summed E-state index contributed by atoms with van der Waals surface area (Å²) in [6.45, 7) is 7.27. The molecule has 0 saturated carbocycles. The molecule has 1 aromatic carbocycles. The van der Waals surface area contributed by atoms with E-state index in [9.17, 15) is 18.8 Å². The van der Waals surface area contributed by atoms with Crippen LogP contribution in [-0.2, 0) is 16.1 Å². The number of rotatable bonds is 7. The molecule has 0 spiro atoms. The minimum atomic E-state index is -0.562. The summed E-state index contributed by atoms with van der Waals surface area (Å²) in [5.41, 5.74) is 0.772. The van der Waals surface area contributed by atoms with Crippen molar-refractivity contribution in [1.82, 2.24) is 25.1 Å². The zero-order valence-electron chi connectivity index (χ0n) is 19.4. The lowest BCUT2D eigenvalue weighted by Crippen LogP contribution is -2.76. The van der Waals surface area contributed by atoms with Crippen molar-refractivity contribution in [2.24, 2.45) is 5.92 Å². The third kappa shape index (κ3) is 5.20. The van der Waals surface area contributed by atoms with Gasteiger partial charge in [0.25, 0.3) is 0 Å². The zero-order chi connectivity index (χ0) is 23.4. The fraction of sp³-hybridized carbons (Fsp3) is 0.609. The van der Waals surface area contributed by atoms with Gasteiger partial charge in [-0.3, -0.25) is 9.59 Å². The molecule has 0 aliphatic carbocycles. The van der Waals surface area contributed by atoms with Gasteiger partial charge in [0, 0.05) is 20.1 Å². The molecule has 176 valence electrons. The average Bonchev–Trinajstić information content (AvgIpc) is 2.73. The van der Waals surface area contributed by atoms with Gasteiger partial charge in [-0.15, -0.1) is 0 Å². The molecule has 8 nitrogen and oxygen atoms in total. The Balaban J connectivity index is 1.83. The molecule has 32 heavy (non-hydrogen) atoms. The topological polar surface area (TPSA) is 76.2 Å². The first kappa shape index (κ1) is 24.0. The lowest BCUT2D eigenvalue weighted by molar-refractivity contribution is -0.187. The highest BCUT2D eigenvalue weighted by Gasteiger charge is 2.50. The number of likely N-dealkylation sites (N-methyl/N-ethyl adjacent to an activating group) is 1. The van der Waals surface area contributed by atoms with Gasteiger partial charge in [0.05, 0.1) is 13.1 Å². The molecular weight excluding hydrogens is 413 g/mol. The number of carbonyl (C=O) groups is 3. The van der Waals surface area contributed by atoms with Gasteiger partial charge in [-0.1, -0.05) is 45.7 Å². The van der Waals surface area contributed by atoms with Crippen LogP contribution in [0.25, 0.3) is 0 Å². The van der Waals surface area contributed by atoms with Crippen LogP contribution < -0.4 is 5.32 Å². The van der Waals surface area contributed by atoms with Gasteiger partial charge < -0.3 is 15.1 Å². The number of halogens is 1. The second-order valence-electron chi connectivity index (χ2n) is 9.02. The summed E-state index contributed by atoms with van der Waals surface area (Å²) in [7, 11) is 1.71. The van der Waals surface area contributed by atoms with E-state index < -0.39 is 12.2 Å². The molecular formula is C23H34FN5O3. The molecule has 2 aliphatic heterocycles. The molecule has 9 heteroatoms. The fourth-order valence-electron chi connectivity index (χ4n) is 4.45. The van der Waals surface area contributed by atoms with Gasteiger partial charge in [0.15, 0.2) is 0 Å². The Morgan fingerprint density at radius 3 is 2.53 bits per heavy atom. The number of unbranched alkanes of at least 4 members (excludes halogenated alkanes) is 1. The van der Waals surface area contributed by atoms with Gasteiger partial charge >= 0.3 is 6.03 Å². The number of hydrogen-bond acceptors (Lipinski definition) is 4. The minimum Gasteiger partial charge on any atom is -0.337 e. The van der Waals surface area contributed by atoms with E-state index in [2.05, 4.69) is 12.2 Å². The SMILES string of the molecule is CCCC[C@H]1C(=O)N(CC(C)C)C[C@H]2N1C(=O)CN(C)N2C(=O)NCc1ccc(F)cc1. The fourth-order valence-corrected chi connectivity index (χ4v) is 4.45. The Labute approximate surface area is 189 Å². The number of amides is 4. The van der Waals surface area contributed by atoms with Crippen molar-refractivity contribution in [3.63, 3.8) is 0 Å². The quantitative estimate of drug-likeness (QED) is 0.697. The number of fused-ring (bicyclic) bond motifs is 1. The Bertz CT molecular complexity index is 831. The van der Waals surface area contributed by atoms with E-state index in [1.54, 1.807) is 39.0 Å². The summed E-state index contributed by atoms with van der Waals surface area (Å²) in [6.07, 6.45) is 1.77. The first-order valence-corrected chi connectivity index (χ1v) is 11.3. The average molecular weight is 448 g/mol. The smallest absolute Gasteiger partial charge is 0.334 e. The van der Waals surface area contributed by atoms with Crippen molar-refractivity contribution in [3.05, 3.63) is 35.6 Å². The molecule has 0 aromatic heterocycles. The molecule has 2 fully saturated rings. The molecule has 1 N–H and O–H groups in total. The van der Waals surface area contributed by atoms with Crippen LogP contribution in [0.5, 0.6) is 0 Å². The predicted octanol–water partition coefficient (Wildman–Crippen LogP) is 2.41. The number of hydrogen-bond donors (Lipinski definition) is 1. The van der Waals surface area contributed by atoms with E-state index >= 15 is 0 Å². The predicted molar refractivity (Wildman–Crippen MR) is 118 cm³/mol. The Morgan fingerprint density at radius 2 is 1.91 bits per heavy atom. The van der Waals surface area contributed by atoms with Crippen molar-refractivity contribution < 1.29 is 18.8 Å². The maximum atomic E-state index is 13.2. The molecule has 0 unspecified atom stereocenters. The normalized spacial score (nSPS) is 21.9. The van der Waals surface area contributed by atoms with E-state index in [1.165, 1.54) is 12.1 Å². The van der Waals surface area contributed by atoms with Crippen LogP contribution >= 0.6 is 0 Å². The van der Waals surface area contributed by atoms with E-state index in [0.717, 1.165) is 18.4 Å². The van der Waals surface area contributed by atoms with E-state index in [4.69, 9.17) is 0 Å². The molecule has 0 bridgehead atoms. The zero-order valence-corrected chi connectivity index (χ0v) is 19.4. The number of carbonyl (C=O) groups excluding carboxylic acids is 3. The molecule has 3 rings (SSSR count). The summed E-state index contributed by atoms with van der Waals surface area (Å²) < 4.78 is 13.2. The lowest BCUT2D eigenvalue weighted by atomic mass is 10.00. The van der Waals surface area contributed by atoms with Crippen molar-refractivity contribution >= 4 is 17.8 Å². The maximum Gasteiger partial charge on any atom is 0.334 e. The highest BCUT2D eigenvalue weighted by molar-refractivity contribution is 5.91. The highest BCUT2D eigenvalue weighted by atomic mass is 19.1. The summed E-state index contributed by atoms with van der Waals surface area (Å²) in [4.78, 5) is 42.8. The van der Waals surface area contributed by atoms with Crippen molar-refractivity contribution in [3.8, 4) is 0 Å². The largest absolute Gasteiger partial charge is 0.337 e. The lowest BCUT2D eigenvalue weighted by Gasteiger charge is -2.54. The van der Waals surface area contributed by atoms with Crippen LogP contribution in [-0.4, -0.2) is 76.6 Å². The number of hydrazine groups is 1. The number of piperazine rings is 1. The van der Waals surface area contributed by atoms with Crippen molar-refractivity contribution in [2.45, 2.75) is 58.8 Å². The summed E-state index contributed by atoms with van der Waals surface area (Å²) >= 11 is 0. The van der Waals surface area contributed by atoms with Crippen molar-refractivity contribution in [2.75, 3.05) is 26.7 Å². The van der Waals surface area contributed by atoms with E-state index in [1.807, 2.05) is 13.8 Å². The van der Waals surface area contributed by atoms with Crippen LogP contribution in [0.1, 0.15) is 45.6 Å². The van der Waals surface area contributed by atoms with Crippen LogP contribution in [0.15, 0.2) is 24.3 Å². The van der Waals surface area contributed by atoms with E-state index in [0.29, 0.717) is 13.0 Å². The standard InChI is InChI=1S/C23H34FN5O3/c1-5-6-7-19-22(31)27(13-16(2)3)14-20-28(19)21(30)15-26(4)29(20)23(32)25-12-17-8-10-18(24)11-9-17/h8-11,16,19-20H,5-7,12-15H2,1-4H3,(H,25,32)/t19-,20-/m0/s1. The first-order valence-electron chi connectivity index (χ1n) is 11.3. The van der Waals surface area contributed by atoms with Crippen LogP contribution in [0.2, 0.25) is 0 Å². The molecule has 2 saturated heterocycles. The second-order valence-corrected chi connectivity index (χ2v) is 9.02. The summed E-state index contributed by atoms with van der Waals surface area (Å²) in [5.74, 6) is -0.234. The number of nitrogens with zero attached hydrogens (tertiary/aromatic N) is 4. The second kappa shape index (κ2) is 10.3. The summed E-state index contributed by atoms with van der Waals surface area (Å²) in [6, 6.07) is 5.03. The molecule has 4 amide bonds. The van der Waals surface area contributed by atoms with Gasteiger partial charge in [-0.25, -0.2) is 19.2 Å². The third-order valence-electron chi connectivity index (χ3n) is 5.92. The van der Waals surface area contributed by atoms with Crippen LogP contribution in [0.3, 0.4) is 0 Å². The highest BCUT2D eigenvalue weighted by Crippen LogP contribution is 2.28. The maximum absolute atomic E-state index is 13.2. The molecule has 0 radical (unpaired) electrons. The van der Waals surface area contributed by atoms with Gasteiger partial charge in [-0.05, 0) is 30.0 Å². The molecule has 1 aromatic rings. The first-order chi connectivity index (χ1) is 15.2. The van der Waals surface area contributed by atoms with Crippen LogP contribution in [0.4, 0.5) is 9.18 Å². The minimum absolute atomic E-state index is 0.0283. The number of benzene rings is 1. The number of nitrogens with one attached hydrogen (secondary N) is 1.